The molecule has 2 aromatic rings. The van der Waals surface area contributed by atoms with Crippen LogP contribution in [0, 0.1) is 0 Å². The Bertz CT molecular complexity index is 594. The van der Waals surface area contributed by atoms with E-state index in [4.69, 9.17) is 10.5 Å². The van der Waals surface area contributed by atoms with E-state index in [2.05, 4.69) is 0 Å². The number of benzene rings is 2. The Labute approximate surface area is 116 Å². The van der Waals surface area contributed by atoms with Crippen molar-refractivity contribution in [1.82, 2.24) is 0 Å². The van der Waals surface area contributed by atoms with Crippen LogP contribution in [0.5, 0.6) is 5.75 Å². The van der Waals surface area contributed by atoms with Crippen LogP contribution < -0.4 is 10.5 Å². The van der Waals surface area contributed by atoms with E-state index >= 15 is 0 Å². The van der Waals surface area contributed by atoms with Crippen molar-refractivity contribution in [3.8, 4) is 5.75 Å². The van der Waals surface area contributed by atoms with Crippen LogP contribution in [0.1, 0.15) is 17.3 Å². The Morgan fingerprint density at radius 3 is 2.37 bits per heavy atom. The van der Waals surface area contributed by atoms with E-state index < -0.39 is 0 Å². The average molecular weight is 273 g/mol. The van der Waals surface area contributed by atoms with Crippen molar-refractivity contribution in [2.75, 3.05) is 12.8 Å². The van der Waals surface area contributed by atoms with Crippen molar-refractivity contribution in [2.24, 2.45) is 0 Å². The fourth-order valence-electron chi connectivity index (χ4n) is 1.63. The molecular weight excluding hydrogens is 258 g/mol. The molecule has 2 N–H and O–H groups in total. The molecule has 2 aromatic carbocycles. The molecular formula is C15H15NO2S. The number of rotatable bonds is 4. The number of nitrogen functional groups attached to an aromatic ring is 1. The number of carbonyl (C=O) groups is 1. The highest BCUT2D eigenvalue weighted by atomic mass is 32.2. The normalized spacial score (nSPS) is 10.2. The van der Waals surface area contributed by atoms with Crippen molar-refractivity contribution < 1.29 is 9.53 Å². The molecule has 0 bridgehead atoms. The smallest absolute Gasteiger partial charge is 0.159 e. The van der Waals surface area contributed by atoms with Gasteiger partial charge < -0.3 is 10.5 Å². The van der Waals surface area contributed by atoms with Gasteiger partial charge in [0, 0.05) is 21.0 Å². The average Bonchev–Trinajstić information content (AvgIpc) is 2.41. The number of ether oxygens (including phenoxy) is 1. The van der Waals surface area contributed by atoms with Crippen LogP contribution >= 0.6 is 11.8 Å². The number of carbonyl (C=O) groups excluding carboxylic acids is 1. The van der Waals surface area contributed by atoms with Crippen molar-refractivity contribution >= 4 is 23.2 Å². The highest BCUT2D eigenvalue weighted by molar-refractivity contribution is 7.99. The maximum absolute atomic E-state index is 11.3. The molecule has 0 aliphatic carbocycles. The number of Topliss-reactive ketones (excluding diaryl/α,β-unsaturated/α-hetero) is 1. The SMILES string of the molecule is COc1ccc(Sc2ccc(C(C)=O)cc2N)cc1. The summed E-state index contributed by atoms with van der Waals surface area (Å²) < 4.78 is 5.11. The van der Waals surface area contributed by atoms with Gasteiger partial charge in [-0.2, -0.15) is 0 Å². The van der Waals surface area contributed by atoms with Crippen molar-refractivity contribution in [1.29, 1.82) is 0 Å². The summed E-state index contributed by atoms with van der Waals surface area (Å²) in [6.45, 7) is 1.53. The predicted octanol–water partition coefficient (Wildman–Crippen LogP) is 3.63. The number of anilines is 1. The van der Waals surface area contributed by atoms with E-state index in [-0.39, 0.29) is 5.78 Å². The summed E-state index contributed by atoms with van der Waals surface area (Å²) in [6.07, 6.45) is 0. The van der Waals surface area contributed by atoms with Gasteiger partial charge in [0.15, 0.2) is 5.78 Å². The molecule has 4 heteroatoms. The Kier molecular flexibility index (Phi) is 4.12. The fourth-order valence-corrected chi connectivity index (χ4v) is 2.47. The molecule has 0 aliphatic rings. The standard InChI is InChI=1S/C15H15NO2S/c1-10(17)11-3-8-15(14(16)9-11)19-13-6-4-12(18-2)5-7-13/h3-9H,16H2,1-2H3. The zero-order valence-electron chi connectivity index (χ0n) is 10.8. The Morgan fingerprint density at radius 2 is 1.84 bits per heavy atom. The summed E-state index contributed by atoms with van der Waals surface area (Å²) >= 11 is 1.56. The van der Waals surface area contributed by atoms with E-state index in [0.29, 0.717) is 11.3 Å². The van der Waals surface area contributed by atoms with Crippen LogP contribution in [-0.4, -0.2) is 12.9 Å². The van der Waals surface area contributed by atoms with Crippen molar-refractivity contribution in [3.05, 3.63) is 48.0 Å². The number of methoxy groups -OCH3 is 1. The lowest BCUT2D eigenvalue weighted by molar-refractivity contribution is 0.101. The molecule has 19 heavy (non-hydrogen) atoms. The molecule has 0 spiro atoms. The fraction of sp³-hybridized carbons (Fsp3) is 0.133. The zero-order chi connectivity index (χ0) is 13.8. The molecule has 0 saturated heterocycles. The third kappa shape index (κ3) is 3.29. The second-order valence-electron chi connectivity index (χ2n) is 4.09. The maximum Gasteiger partial charge on any atom is 0.159 e. The van der Waals surface area contributed by atoms with Crippen LogP contribution in [0.25, 0.3) is 0 Å². The minimum absolute atomic E-state index is 0.0210. The number of nitrogens with two attached hydrogens (primary N) is 1. The summed E-state index contributed by atoms with van der Waals surface area (Å²) in [5.41, 5.74) is 7.22. The third-order valence-electron chi connectivity index (χ3n) is 2.70. The highest BCUT2D eigenvalue weighted by Crippen LogP contribution is 2.33. The van der Waals surface area contributed by atoms with Gasteiger partial charge in [0.1, 0.15) is 5.75 Å². The largest absolute Gasteiger partial charge is 0.497 e. The second kappa shape index (κ2) is 5.80. The van der Waals surface area contributed by atoms with Crippen LogP contribution in [0.15, 0.2) is 52.3 Å². The van der Waals surface area contributed by atoms with Crippen LogP contribution in [-0.2, 0) is 0 Å². The van der Waals surface area contributed by atoms with Gasteiger partial charge in [-0.3, -0.25) is 4.79 Å². The summed E-state index contributed by atoms with van der Waals surface area (Å²) in [6, 6.07) is 13.1. The lowest BCUT2D eigenvalue weighted by Crippen LogP contribution is -1.96. The van der Waals surface area contributed by atoms with E-state index in [0.717, 1.165) is 15.5 Å². The summed E-state index contributed by atoms with van der Waals surface area (Å²) in [4.78, 5) is 13.3. The highest BCUT2D eigenvalue weighted by Gasteiger charge is 2.06. The number of hydrogen-bond acceptors (Lipinski definition) is 4. The molecule has 0 radical (unpaired) electrons. The molecule has 0 aromatic heterocycles. The van der Waals surface area contributed by atoms with Crippen molar-refractivity contribution in [3.63, 3.8) is 0 Å². The number of hydrogen-bond donors (Lipinski definition) is 1. The quantitative estimate of drug-likeness (QED) is 0.682. The molecule has 2 rings (SSSR count). The summed E-state index contributed by atoms with van der Waals surface area (Å²) in [5.74, 6) is 0.844. The number of ketones is 1. The van der Waals surface area contributed by atoms with E-state index in [1.54, 1.807) is 31.0 Å². The van der Waals surface area contributed by atoms with Gasteiger partial charge in [-0.25, -0.2) is 0 Å². The first-order valence-corrected chi connectivity index (χ1v) is 6.64. The lowest BCUT2D eigenvalue weighted by atomic mass is 10.1. The minimum atomic E-state index is 0.0210. The molecule has 0 amide bonds. The first kappa shape index (κ1) is 13.5. The first-order valence-electron chi connectivity index (χ1n) is 5.82. The third-order valence-corrected chi connectivity index (χ3v) is 3.80. The molecule has 3 nitrogen and oxygen atoms in total. The lowest BCUT2D eigenvalue weighted by Gasteiger charge is -2.07. The molecule has 0 unspecified atom stereocenters. The van der Waals surface area contributed by atoms with Gasteiger partial charge in [-0.1, -0.05) is 17.8 Å². The zero-order valence-corrected chi connectivity index (χ0v) is 11.7. The Hall–Kier alpha value is -1.94. The predicted molar refractivity (Wildman–Crippen MR) is 78.0 cm³/mol. The first-order chi connectivity index (χ1) is 9.10. The van der Waals surface area contributed by atoms with E-state index in [9.17, 15) is 4.79 Å². The molecule has 0 aliphatic heterocycles. The Morgan fingerprint density at radius 1 is 1.16 bits per heavy atom. The van der Waals surface area contributed by atoms with E-state index in [1.807, 2.05) is 30.3 Å². The molecule has 98 valence electrons. The van der Waals surface area contributed by atoms with Crippen LogP contribution in [0.4, 0.5) is 5.69 Å². The van der Waals surface area contributed by atoms with Crippen molar-refractivity contribution in [2.45, 2.75) is 16.7 Å². The van der Waals surface area contributed by atoms with Gasteiger partial charge in [0.05, 0.1) is 7.11 Å². The molecule has 0 fully saturated rings. The van der Waals surface area contributed by atoms with Gasteiger partial charge in [0.25, 0.3) is 0 Å². The molecule has 0 heterocycles. The second-order valence-corrected chi connectivity index (χ2v) is 5.20. The summed E-state index contributed by atoms with van der Waals surface area (Å²) in [5, 5.41) is 0. The van der Waals surface area contributed by atoms with Gasteiger partial charge in [-0.15, -0.1) is 0 Å². The van der Waals surface area contributed by atoms with Crippen LogP contribution in [0.2, 0.25) is 0 Å². The molecule has 0 atom stereocenters. The Balaban J connectivity index is 2.20. The topological polar surface area (TPSA) is 52.3 Å². The minimum Gasteiger partial charge on any atom is -0.497 e. The van der Waals surface area contributed by atoms with Crippen LogP contribution in [0.3, 0.4) is 0 Å². The maximum atomic E-state index is 11.3. The van der Waals surface area contributed by atoms with Gasteiger partial charge in [-0.05, 0) is 43.3 Å². The summed E-state index contributed by atoms with van der Waals surface area (Å²) in [7, 11) is 1.64. The monoisotopic (exact) mass is 273 g/mol. The van der Waals surface area contributed by atoms with Gasteiger partial charge >= 0.3 is 0 Å². The molecule has 0 saturated carbocycles. The van der Waals surface area contributed by atoms with Gasteiger partial charge in [0.2, 0.25) is 0 Å². The van der Waals surface area contributed by atoms with E-state index in [1.165, 1.54) is 6.92 Å².